The van der Waals surface area contributed by atoms with Crippen molar-refractivity contribution < 1.29 is 4.92 Å². The van der Waals surface area contributed by atoms with Gasteiger partial charge in [-0.3, -0.25) is 29.0 Å². The molecule has 28 heavy (non-hydrogen) atoms. The van der Waals surface area contributed by atoms with Crippen molar-refractivity contribution in [3.8, 4) is 0 Å². The number of nitro benzene ring substituents is 1. The molecule has 144 valence electrons. The van der Waals surface area contributed by atoms with Crippen molar-refractivity contribution in [2.45, 2.75) is 13.5 Å². The fourth-order valence-corrected chi connectivity index (χ4v) is 2.59. The second-order valence-electron chi connectivity index (χ2n) is 5.83. The minimum absolute atomic E-state index is 0.0502. The van der Waals surface area contributed by atoms with Gasteiger partial charge in [-0.2, -0.15) is 10.1 Å². The average molecular weight is 383 g/mol. The van der Waals surface area contributed by atoms with Crippen molar-refractivity contribution >= 4 is 29.0 Å². The molecule has 2 aromatic heterocycles. The minimum Gasteiger partial charge on any atom is -0.299 e. The fraction of sp³-hybridized carbons (Fsp3) is 0.176. The number of imidazole rings is 1. The number of benzene rings is 1. The Labute approximate surface area is 157 Å². The van der Waals surface area contributed by atoms with Crippen LogP contribution in [0.5, 0.6) is 0 Å². The van der Waals surface area contributed by atoms with Gasteiger partial charge in [0.2, 0.25) is 5.95 Å². The van der Waals surface area contributed by atoms with Crippen LogP contribution in [0.1, 0.15) is 12.5 Å². The zero-order valence-electron chi connectivity index (χ0n) is 15.1. The van der Waals surface area contributed by atoms with Crippen LogP contribution in [0.2, 0.25) is 0 Å². The maximum Gasteiger partial charge on any atom is 0.329 e. The molecule has 0 fully saturated rings. The summed E-state index contributed by atoms with van der Waals surface area (Å²) in [6.45, 7) is 2.18. The number of nitro groups is 1. The molecule has 0 atom stereocenters. The van der Waals surface area contributed by atoms with Gasteiger partial charge in [-0.15, -0.1) is 0 Å². The lowest BCUT2D eigenvalue weighted by Gasteiger charge is -2.04. The number of H-pyrrole nitrogens is 1. The quantitative estimate of drug-likeness (QED) is 0.285. The van der Waals surface area contributed by atoms with Crippen LogP contribution >= 0.6 is 0 Å². The molecule has 0 spiro atoms. The summed E-state index contributed by atoms with van der Waals surface area (Å²) in [7, 11) is 1.50. The third kappa shape index (κ3) is 3.58. The highest BCUT2D eigenvalue weighted by Crippen LogP contribution is 2.16. The van der Waals surface area contributed by atoms with E-state index >= 15 is 0 Å². The highest BCUT2D eigenvalue weighted by molar-refractivity contribution is 5.81. The lowest BCUT2D eigenvalue weighted by atomic mass is 10.2. The summed E-state index contributed by atoms with van der Waals surface area (Å²) in [5.74, 6) is 0.251. The van der Waals surface area contributed by atoms with Crippen molar-refractivity contribution in [3.63, 3.8) is 0 Å². The highest BCUT2D eigenvalue weighted by Gasteiger charge is 2.16. The van der Waals surface area contributed by atoms with Crippen LogP contribution in [-0.2, 0) is 13.6 Å². The number of aromatic amines is 1. The first-order valence-electron chi connectivity index (χ1n) is 8.26. The molecular formula is C17H17N7O4. The normalized spacial score (nSPS) is 11.6. The maximum absolute atomic E-state index is 12.3. The maximum atomic E-state index is 12.3. The van der Waals surface area contributed by atoms with Gasteiger partial charge in [0.1, 0.15) is 0 Å². The van der Waals surface area contributed by atoms with Crippen LogP contribution in [0, 0.1) is 10.1 Å². The smallest absolute Gasteiger partial charge is 0.299 e. The van der Waals surface area contributed by atoms with E-state index < -0.39 is 16.2 Å². The molecule has 2 heterocycles. The van der Waals surface area contributed by atoms with E-state index in [0.29, 0.717) is 12.1 Å². The predicted octanol–water partition coefficient (Wildman–Crippen LogP) is 1.35. The Kier molecular flexibility index (Phi) is 5.16. The van der Waals surface area contributed by atoms with Crippen molar-refractivity contribution in [3.05, 3.63) is 72.9 Å². The lowest BCUT2D eigenvalue weighted by Crippen LogP contribution is -2.29. The summed E-state index contributed by atoms with van der Waals surface area (Å²) in [4.78, 5) is 41.0. The van der Waals surface area contributed by atoms with Crippen LogP contribution < -0.4 is 16.7 Å². The number of allylic oxidation sites excluding steroid dienone is 2. The number of nitrogens with zero attached hydrogens (tertiary/aromatic N) is 5. The standard InChI is InChI=1S/C17H17N7O4/c1-3-4-8-23-13-14(22(2)17(26)20-15(13)25)19-16(23)21-18-10-11-6-5-7-12(9-11)24(27)28/h3-7,9-10H,8H2,1-2H3,(H,19,21)(H,20,25,26). The molecule has 0 aliphatic carbocycles. The van der Waals surface area contributed by atoms with Gasteiger partial charge in [-0.05, 0) is 6.92 Å². The zero-order chi connectivity index (χ0) is 20.3. The zero-order valence-corrected chi connectivity index (χ0v) is 15.1. The van der Waals surface area contributed by atoms with Crippen molar-refractivity contribution in [1.29, 1.82) is 0 Å². The number of rotatable bonds is 6. The van der Waals surface area contributed by atoms with E-state index in [-0.39, 0.29) is 22.8 Å². The first kappa shape index (κ1) is 18.8. The molecule has 3 aromatic rings. The van der Waals surface area contributed by atoms with Gasteiger partial charge in [-0.1, -0.05) is 24.3 Å². The predicted molar refractivity (Wildman–Crippen MR) is 105 cm³/mol. The van der Waals surface area contributed by atoms with Crippen LogP contribution in [-0.4, -0.2) is 30.2 Å². The van der Waals surface area contributed by atoms with Crippen LogP contribution in [0.15, 0.2) is 51.1 Å². The van der Waals surface area contributed by atoms with Gasteiger partial charge in [0.15, 0.2) is 11.2 Å². The molecule has 0 saturated heterocycles. The SMILES string of the molecule is CC=CCn1c(NN=Cc2cccc([N+](=O)[O-])c2)nc2c1c(=O)[nH]c(=O)n2C. The number of aryl methyl sites for hydroxylation is 1. The van der Waals surface area contributed by atoms with E-state index in [0.717, 1.165) is 0 Å². The fourth-order valence-electron chi connectivity index (χ4n) is 2.59. The number of aromatic nitrogens is 4. The first-order chi connectivity index (χ1) is 13.4. The van der Waals surface area contributed by atoms with Gasteiger partial charge < -0.3 is 0 Å². The molecule has 0 unspecified atom stereocenters. The Bertz CT molecular complexity index is 1220. The Morgan fingerprint density at radius 3 is 2.89 bits per heavy atom. The van der Waals surface area contributed by atoms with E-state index in [4.69, 9.17) is 0 Å². The molecule has 11 heteroatoms. The van der Waals surface area contributed by atoms with E-state index in [1.807, 2.05) is 19.1 Å². The van der Waals surface area contributed by atoms with Crippen molar-refractivity contribution in [2.24, 2.45) is 12.1 Å². The summed E-state index contributed by atoms with van der Waals surface area (Å²) >= 11 is 0. The number of hydrazone groups is 1. The van der Waals surface area contributed by atoms with Crippen LogP contribution in [0.4, 0.5) is 11.6 Å². The third-order valence-electron chi connectivity index (χ3n) is 3.99. The minimum atomic E-state index is -0.570. The number of anilines is 1. The van der Waals surface area contributed by atoms with Gasteiger partial charge in [-0.25, -0.2) is 10.2 Å². The van der Waals surface area contributed by atoms with Gasteiger partial charge >= 0.3 is 5.69 Å². The van der Waals surface area contributed by atoms with Crippen molar-refractivity contribution in [1.82, 2.24) is 19.1 Å². The summed E-state index contributed by atoms with van der Waals surface area (Å²) in [5, 5.41) is 14.9. The Morgan fingerprint density at radius 1 is 1.39 bits per heavy atom. The second-order valence-corrected chi connectivity index (χ2v) is 5.83. The molecule has 0 aliphatic heterocycles. The van der Waals surface area contributed by atoms with Gasteiger partial charge in [0.05, 0.1) is 11.1 Å². The summed E-state index contributed by atoms with van der Waals surface area (Å²) in [6.07, 6.45) is 5.04. The molecule has 0 amide bonds. The summed E-state index contributed by atoms with van der Waals surface area (Å²) < 4.78 is 2.82. The number of hydrogen-bond acceptors (Lipinski definition) is 7. The number of nitrogens with one attached hydrogen (secondary N) is 2. The number of non-ortho nitro benzene ring substituents is 1. The molecule has 0 bridgehead atoms. The highest BCUT2D eigenvalue weighted by atomic mass is 16.6. The molecule has 0 saturated carbocycles. The van der Waals surface area contributed by atoms with E-state index in [2.05, 4.69) is 20.5 Å². The summed E-state index contributed by atoms with van der Waals surface area (Å²) in [5.41, 5.74) is 2.52. The molecule has 3 rings (SSSR count). The third-order valence-corrected chi connectivity index (χ3v) is 3.99. The molecule has 0 radical (unpaired) electrons. The van der Waals surface area contributed by atoms with E-state index in [9.17, 15) is 19.7 Å². The van der Waals surface area contributed by atoms with Gasteiger partial charge in [0.25, 0.3) is 11.2 Å². The van der Waals surface area contributed by atoms with E-state index in [1.54, 1.807) is 16.7 Å². The number of fused-ring (bicyclic) bond motifs is 1. The lowest BCUT2D eigenvalue weighted by molar-refractivity contribution is -0.384. The largest absolute Gasteiger partial charge is 0.329 e. The molecular weight excluding hydrogens is 366 g/mol. The molecule has 1 aromatic carbocycles. The van der Waals surface area contributed by atoms with Gasteiger partial charge in [0, 0.05) is 31.3 Å². The topological polar surface area (TPSA) is 140 Å². The summed E-state index contributed by atoms with van der Waals surface area (Å²) in [6, 6.07) is 5.97. The Balaban J connectivity index is 2.00. The Morgan fingerprint density at radius 2 is 2.18 bits per heavy atom. The average Bonchev–Trinajstić information content (AvgIpc) is 3.04. The monoisotopic (exact) mass is 383 g/mol. The first-order valence-corrected chi connectivity index (χ1v) is 8.26. The van der Waals surface area contributed by atoms with Crippen molar-refractivity contribution in [2.75, 3.05) is 5.43 Å². The molecule has 0 aliphatic rings. The number of hydrogen-bond donors (Lipinski definition) is 2. The second kappa shape index (κ2) is 7.70. The van der Waals surface area contributed by atoms with Crippen LogP contribution in [0.25, 0.3) is 11.2 Å². The van der Waals surface area contributed by atoms with E-state index in [1.165, 1.54) is 30.0 Å². The van der Waals surface area contributed by atoms with Crippen LogP contribution in [0.3, 0.4) is 0 Å². The molecule has 2 N–H and O–H groups in total. The molecule has 11 nitrogen and oxygen atoms in total. The Hall–Kier alpha value is -4.02.